The Bertz CT molecular complexity index is 1470. The van der Waals surface area contributed by atoms with Crippen molar-refractivity contribution in [2.45, 2.75) is 32.6 Å². The summed E-state index contributed by atoms with van der Waals surface area (Å²) in [6, 6.07) is 6.16. The van der Waals surface area contributed by atoms with Crippen LogP contribution in [0, 0.1) is 13.8 Å². The molecule has 1 aliphatic carbocycles. The van der Waals surface area contributed by atoms with E-state index in [2.05, 4.69) is 41.6 Å². The molecule has 1 saturated carbocycles. The second-order valence-electron chi connectivity index (χ2n) is 8.25. The Balaban J connectivity index is 1.52. The van der Waals surface area contributed by atoms with Gasteiger partial charge in [-0.25, -0.2) is 9.97 Å². The monoisotopic (exact) mass is 429 g/mol. The van der Waals surface area contributed by atoms with Gasteiger partial charge in [-0.1, -0.05) is 0 Å². The van der Waals surface area contributed by atoms with Gasteiger partial charge in [0, 0.05) is 24.4 Å². The van der Waals surface area contributed by atoms with Gasteiger partial charge in [-0.05, 0) is 38.8 Å². The van der Waals surface area contributed by atoms with Crippen LogP contribution in [-0.2, 0) is 7.05 Å². The highest BCUT2D eigenvalue weighted by molar-refractivity contribution is 6.12. The van der Waals surface area contributed by atoms with E-state index in [1.165, 1.54) is 12.8 Å². The Morgan fingerprint density at radius 1 is 1.09 bits per heavy atom. The van der Waals surface area contributed by atoms with E-state index in [9.17, 15) is 0 Å². The molecule has 0 aliphatic heterocycles. The first kappa shape index (κ1) is 18.8. The van der Waals surface area contributed by atoms with Crippen LogP contribution < -0.4 is 10.1 Å². The highest BCUT2D eigenvalue weighted by atomic mass is 16.5. The molecule has 1 fully saturated rings. The van der Waals surface area contributed by atoms with E-state index in [-0.39, 0.29) is 0 Å². The number of nitrogens with one attached hydrogen (secondary N) is 2. The number of fused-ring (bicyclic) bond motifs is 3. The number of benzene rings is 1. The summed E-state index contributed by atoms with van der Waals surface area (Å²) in [6.07, 6.45) is 3.98. The summed E-state index contributed by atoms with van der Waals surface area (Å²) >= 11 is 0. The molecule has 0 atom stereocenters. The van der Waals surface area contributed by atoms with Gasteiger partial charge in [-0.2, -0.15) is 5.10 Å². The third-order valence-corrected chi connectivity index (χ3v) is 6.06. The van der Waals surface area contributed by atoms with Crippen molar-refractivity contribution in [3.8, 4) is 11.4 Å². The molecule has 0 radical (unpaired) electrons. The number of aromatic amines is 1. The van der Waals surface area contributed by atoms with Crippen LogP contribution in [0.3, 0.4) is 0 Å². The molecule has 162 valence electrons. The fourth-order valence-electron chi connectivity index (χ4n) is 4.30. The smallest absolute Gasteiger partial charge is 0.145 e. The Labute approximate surface area is 183 Å². The Morgan fingerprint density at radius 2 is 1.88 bits per heavy atom. The largest absolute Gasteiger partial charge is 0.495 e. The maximum atomic E-state index is 5.75. The molecule has 0 spiro atoms. The lowest BCUT2D eigenvalue weighted by atomic mass is 10.1. The molecule has 10 nitrogen and oxygen atoms in total. The number of aryl methyl sites for hydroxylation is 3. The maximum absolute atomic E-state index is 5.75. The molecule has 0 amide bonds. The predicted octanol–water partition coefficient (Wildman–Crippen LogP) is 3.67. The summed E-state index contributed by atoms with van der Waals surface area (Å²) in [4.78, 5) is 12.4. The van der Waals surface area contributed by atoms with Crippen molar-refractivity contribution in [2.75, 3.05) is 12.4 Å². The molecule has 5 aromatic rings. The summed E-state index contributed by atoms with van der Waals surface area (Å²) in [5.74, 6) is 4.51. The number of rotatable bonds is 5. The van der Waals surface area contributed by atoms with E-state index in [4.69, 9.17) is 4.74 Å². The number of ether oxygens (including phenoxy) is 1. The van der Waals surface area contributed by atoms with Gasteiger partial charge in [0.05, 0.1) is 29.4 Å². The van der Waals surface area contributed by atoms with Gasteiger partial charge in [0.2, 0.25) is 0 Å². The number of hydrogen-bond donors (Lipinski definition) is 2. The topological polar surface area (TPSA) is 111 Å². The first-order valence-corrected chi connectivity index (χ1v) is 10.6. The van der Waals surface area contributed by atoms with Crippen LogP contribution in [0.15, 0.2) is 24.5 Å². The lowest BCUT2D eigenvalue weighted by Crippen LogP contribution is -2.03. The van der Waals surface area contributed by atoms with Crippen LogP contribution in [0.4, 0.5) is 11.6 Å². The average molecular weight is 429 g/mol. The first-order valence-electron chi connectivity index (χ1n) is 10.6. The van der Waals surface area contributed by atoms with Crippen LogP contribution >= 0.6 is 0 Å². The number of anilines is 2. The second-order valence-corrected chi connectivity index (χ2v) is 8.25. The summed E-state index contributed by atoms with van der Waals surface area (Å²) in [7, 11) is 3.61. The minimum absolute atomic E-state index is 0.586. The van der Waals surface area contributed by atoms with E-state index >= 15 is 0 Å². The zero-order chi connectivity index (χ0) is 22.0. The Morgan fingerprint density at radius 3 is 2.59 bits per heavy atom. The van der Waals surface area contributed by atoms with Crippen LogP contribution in [0.25, 0.3) is 27.6 Å². The molecular formula is C22H23N9O. The normalized spacial score (nSPS) is 13.9. The van der Waals surface area contributed by atoms with Crippen molar-refractivity contribution in [3.05, 3.63) is 41.9 Å². The number of aromatic nitrogens is 8. The molecule has 0 unspecified atom stereocenters. The second kappa shape index (κ2) is 6.78. The van der Waals surface area contributed by atoms with Crippen molar-refractivity contribution in [3.63, 3.8) is 0 Å². The molecule has 2 N–H and O–H groups in total. The van der Waals surface area contributed by atoms with Crippen LogP contribution in [-0.4, -0.2) is 46.6 Å². The van der Waals surface area contributed by atoms with Crippen molar-refractivity contribution in [1.29, 1.82) is 0 Å². The molecule has 0 saturated heterocycles. The molecule has 0 bridgehead atoms. The third kappa shape index (κ3) is 2.83. The van der Waals surface area contributed by atoms with Crippen molar-refractivity contribution in [2.24, 2.45) is 7.05 Å². The SMILES string of the molecule is COc1cc2c(cc1-n1c(C)nnc1C)[nH]c1ncnc(Nc3cc(C4CC4)nn3C)c12. The van der Waals surface area contributed by atoms with Gasteiger partial charge < -0.3 is 15.0 Å². The third-order valence-electron chi connectivity index (χ3n) is 6.06. The summed E-state index contributed by atoms with van der Waals surface area (Å²) in [5.41, 5.74) is 3.67. The first-order chi connectivity index (χ1) is 15.5. The molecule has 1 aliphatic rings. The predicted molar refractivity (Wildman–Crippen MR) is 121 cm³/mol. The quantitative estimate of drug-likeness (QED) is 0.438. The summed E-state index contributed by atoms with van der Waals surface area (Å²) in [5, 5.41) is 18.4. The highest BCUT2D eigenvalue weighted by Gasteiger charge is 2.27. The van der Waals surface area contributed by atoms with Crippen molar-refractivity contribution in [1.82, 2.24) is 39.5 Å². The maximum Gasteiger partial charge on any atom is 0.145 e. The number of methoxy groups -OCH3 is 1. The van der Waals surface area contributed by atoms with Gasteiger partial charge in [-0.15, -0.1) is 10.2 Å². The van der Waals surface area contributed by atoms with Gasteiger partial charge in [0.25, 0.3) is 0 Å². The van der Waals surface area contributed by atoms with E-state index in [0.29, 0.717) is 5.92 Å². The van der Waals surface area contributed by atoms with E-state index in [1.54, 1.807) is 13.4 Å². The van der Waals surface area contributed by atoms with Crippen molar-refractivity contribution < 1.29 is 4.74 Å². The summed E-state index contributed by atoms with van der Waals surface area (Å²) < 4.78 is 9.60. The molecule has 32 heavy (non-hydrogen) atoms. The van der Waals surface area contributed by atoms with Crippen LogP contribution in [0.5, 0.6) is 5.75 Å². The van der Waals surface area contributed by atoms with E-state index in [0.717, 1.165) is 62.4 Å². The Kier molecular flexibility index (Phi) is 3.98. The van der Waals surface area contributed by atoms with Gasteiger partial charge in [0.15, 0.2) is 0 Å². The average Bonchev–Trinajstić information content (AvgIpc) is 3.37. The highest BCUT2D eigenvalue weighted by Crippen LogP contribution is 2.41. The molecule has 1 aromatic carbocycles. The van der Waals surface area contributed by atoms with E-state index in [1.807, 2.05) is 42.3 Å². The minimum atomic E-state index is 0.586. The molecule has 6 rings (SSSR count). The zero-order valence-electron chi connectivity index (χ0n) is 18.3. The standard InChI is InChI=1S/C22H23N9O/c1-11-27-28-12(2)31(11)17-8-16-14(7-18(17)32-4)20-21(25-16)23-10-24-22(20)26-19-9-15(13-5-6-13)29-30(19)3/h7-10,13H,5-6H2,1-4H3,(H2,23,24,25,26). The number of nitrogens with zero attached hydrogens (tertiary/aromatic N) is 7. The lowest BCUT2D eigenvalue weighted by molar-refractivity contribution is 0.413. The zero-order valence-corrected chi connectivity index (χ0v) is 18.3. The van der Waals surface area contributed by atoms with Crippen LogP contribution in [0.2, 0.25) is 0 Å². The molecule has 4 heterocycles. The fraction of sp³-hybridized carbons (Fsp3) is 0.318. The minimum Gasteiger partial charge on any atom is -0.495 e. The lowest BCUT2D eigenvalue weighted by Gasteiger charge is -2.12. The molecular weight excluding hydrogens is 406 g/mol. The number of hydrogen-bond acceptors (Lipinski definition) is 7. The van der Waals surface area contributed by atoms with E-state index < -0.39 is 0 Å². The molecule has 4 aromatic heterocycles. The van der Waals surface area contributed by atoms with Gasteiger partial charge in [0.1, 0.15) is 41.0 Å². The Hall–Kier alpha value is -3.95. The summed E-state index contributed by atoms with van der Waals surface area (Å²) in [6.45, 7) is 3.85. The number of H-pyrrole nitrogens is 1. The van der Waals surface area contributed by atoms with Gasteiger partial charge in [-0.3, -0.25) is 9.25 Å². The fourth-order valence-corrected chi connectivity index (χ4v) is 4.30. The van der Waals surface area contributed by atoms with Crippen molar-refractivity contribution >= 4 is 33.6 Å². The van der Waals surface area contributed by atoms with Gasteiger partial charge >= 0.3 is 0 Å². The molecule has 10 heteroatoms. The van der Waals surface area contributed by atoms with Crippen LogP contribution in [0.1, 0.15) is 36.1 Å².